The first-order valence-corrected chi connectivity index (χ1v) is 10.1. The fourth-order valence-electron chi connectivity index (χ4n) is 3.72. The van der Waals surface area contributed by atoms with Gasteiger partial charge in [0.15, 0.2) is 0 Å². The van der Waals surface area contributed by atoms with Gasteiger partial charge in [0, 0.05) is 25.4 Å². The Hall–Kier alpha value is -3.28. The van der Waals surface area contributed by atoms with E-state index >= 15 is 0 Å². The molecule has 0 spiro atoms. The first kappa shape index (κ1) is 19.1. The second kappa shape index (κ2) is 9.28. The highest BCUT2D eigenvalue weighted by Crippen LogP contribution is 2.24. The Morgan fingerprint density at radius 3 is 2.55 bits per heavy atom. The van der Waals surface area contributed by atoms with Crippen LogP contribution in [0.3, 0.4) is 0 Å². The van der Waals surface area contributed by atoms with Crippen LogP contribution in [0.2, 0.25) is 0 Å². The maximum absolute atomic E-state index is 12.5. The molecule has 0 radical (unpaired) electrons. The predicted octanol–water partition coefficient (Wildman–Crippen LogP) is 3.26. The summed E-state index contributed by atoms with van der Waals surface area (Å²) in [6.07, 6.45) is 6.56. The van der Waals surface area contributed by atoms with Gasteiger partial charge in [0.25, 0.3) is 5.91 Å². The van der Waals surface area contributed by atoms with Crippen LogP contribution >= 0.6 is 0 Å². The molecule has 1 aliphatic heterocycles. The number of pyridine rings is 1. The van der Waals surface area contributed by atoms with E-state index in [-0.39, 0.29) is 5.91 Å². The van der Waals surface area contributed by atoms with Gasteiger partial charge in [0.2, 0.25) is 0 Å². The standard InChI is InChI=1S/C23H25N5O/c29-23(25-16-20-8-4-5-11-24-20)21-15-22(27-17-26-21)28-12-9-19(10-13-28)14-18-6-2-1-3-7-18/h1-8,11,15,17,19H,9-10,12-14,16H2,(H,25,29). The van der Waals surface area contributed by atoms with Crippen molar-refractivity contribution in [3.63, 3.8) is 0 Å². The molecule has 1 N–H and O–H groups in total. The minimum Gasteiger partial charge on any atom is -0.356 e. The summed E-state index contributed by atoms with van der Waals surface area (Å²) in [4.78, 5) is 27.5. The molecule has 0 saturated carbocycles. The van der Waals surface area contributed by atoms with Crippen molar-refractivity contribution in [1.82, 2.24) is 20.3 Å². The zero-order valence-electron chi connectivity index (χ0n) is 16.4. The van der Waals surface area contributed by atoms with Gasteiger partial charge in [0.05, 0.1) is 12.2 Å². The molecule has 6 nitrogen and oxygen atoms in total. The molecule has 148 valence electrons. The van der Waals surface area contributed by atoms with E-state index in [0.717, 1.165) is 43.9 Å². The lowest BCUT2D eigenvalue weighted by atomic mass is 9.90. The highest BCUT2D eigenvalue weighted by Gasteiger charge is 2.21. The van der Waals surface area contributed by atoms with Gasteiger partial charge in [-0.05, 0) is 42.9 Å². The number of nitrogens with zero attached hydrogens (tertiary/aromatic N) is 4. The molecule has 0 bridgehead atoms. The lowest BCUT2D eigenvalue weighted by Crippen LogP contribution is -2.35. The SMILES string of the molecule is O=C(NCc1ccccn1)c1cc(N2CCC(Cc3ccccc3)CC2)ncn1. The zero-order valence-corrected chi connectivity index (χ0v) is 16.4. The van der Waals surface area contributed by atoms with Crippen LogP contribution < -0.4 is 10.2 Å². The van der Waals surface area contributed by atoms with Crippen LogP contribution in [0.5, 0.6) is 0 Å². The van der Waals surface area contributed by atoms with Gasteiger partial charge in [-0.15, -0.1) is 0 Å². The van der Waals surface area contributed by atoms with Gasteiger partial charge in [-0.3, -0.25) is 9.78 Å². The lowest BCUT2D eigenvalue weighted by Gasteiger charge is -2.33. The van der Waals surface area contributed by atoms with Gasteiger partial charge in [-0.2, -0.15) is 0 Å². The summed E-state index contributed by atoms with van der Waals surface area (Å²) in [5.74, 6) is 1.30. The Morgan fingerprint density at radius 2 is 1.79 bits per heavy atom. The maximum atomic E-state index is 12.5. The molecule has 3 aromatic rings. The number of benzene rings is 1. The van der Waals surface area contributed by atoms with Crippen molar-refractivity contribution < 1.29 is 4.79 Å². The van der Waals surface area contributed by atoms with E-state index in [2.05, 4.69) is 55.5 Å². The summed E-state index contributed by atoms with van der Waals surface area (Å²) < 4.78 is 0. The van der Waals surface area contributed by atoms with Crippen LogP contribution in [0.25, 0.3) is 0 Å². The second-order valence-electron chi connectivity index (χ2n) is 7.39. The minimum absolute atomic E-state index is 0.210. The molecule has 1 aliphatic rings. The number of hydrogen-bond donors (Lipinski definition) is 1. The van der Waals surface area contributed by atoms with Crippen LogP contribution in [0, 0.1) is 5.92 Å². The van der Waals surface area contributed by atoms with Gasteiger partial charge in [0.1, 0.15) is 17.8 Å². The summed E-state index contributed by atoms with van der Waals surface area (Å²) in [5.41, 5.74) is 2.60. The average Bonchev–Trinajstić information content (AvgIpc) is 2.79. The van der Waals surface area contributed by atoms with Gasteiger partial charge in [-0.25, -0.2) is 9.97 Å². The van der Waals surface area contributed by atoms with E-state index in [1.807, 2.05) is 18.2 Å². The van der Waals surface area contributed by atoms with Crippen LogP contribution in [-0.4, -0.2) is 33.9 Å². The lowest BCUT2D eigenvalue weighted by molar-refractivity contribution is 0.0945. The third-order valence-electron chi connectivity index (χ3n) is 5.35. The number of nitrogens with one attached hydrogen (secondary N) is 1. The van der Waals surface area contributed by atoms with Gasteiger partial charge >= 0.3 is 0 Å². The first-order valence-electron chi connectivity index (χ1n) is 10.1. The molecule has 1 fully saturated rings. The molecule has 0 unspecified atom stereocenters. The summed E-state index contributed by atoms with van der Waals surface area (Å²) in [6.45, 7) is 2.27. The fraction of sp³-hybridized carbons (Fsp3) is 0.304. The van der Waals surface area contributed by atoms with Crippen molar-refractivity contribution in [3.8, 4) is 0 Å². The van der Waals surface area contributed by atoms with E-state index in [4.69, 9.17) is 0 Å². The van der Waals surface area contributed by atoms with Crippen molar-refractivity contribution in [3.05, 3.63) is 84.1 Å². The second-order valence-corrected chi connectivity index (χ2v) is 7.39. The average molecular weight is 387 g/mol. The molecule has 1 aromatic carbocycles. The topological polar surface area (TPSA) is 71.0 Å². The maximum Gasteiger partial charge on any atom is 0.270 e. The van der Waals surface area contributed by atoms with Crippen molar-refractivity contribution in [2.24, 2.45) is 5.92 Å². The molecule has 1 saturated heterocycles. The minimum atomic E-state index is -0.210. The predicted molar refractivity (Wildman–Crippen MR) is 113 cm³/mol. The Bertz CT molecular complexity index is 924. The van der Waals surface area contributed by atoms with E-state index in [1.54, 1.807) is 12.3 Å². The fourth-order valence-corrected chi connectivity index (χ4v) is 3.72. The third kappa shape index (κ3) is 5.16. The first-order chi connectivity index (χ1) is 14.3. The van der Waals surface area contributed by atoms with Gasteiger partial charge < -0.3 is 10.2 Å². The van der Waals surface area contributed by atoms with Crippen LogP contribution in [0.1, 0.15) is 34.6 Å². The Kier molecular flexibility index (Phi) is 6.10. The smallest absolute Gasteiger partial charge is 0.270 e. The number of hydrogen-bond acceptors (Lipinski definition) is 5. The summed E-state index contributed by atoms with van der Waals surface area (Å²) in [5, 5.41) is 2.87. The van der Waals surface area contributed by atoms with Crippen molar-refractivity contribution in [2.45, 2.75) is 25.8 Å². The molecule has 1 amide bonds. The highest BCUT2D eigenvalue weighted by atomic mass is 16.1. The number of anilines is 1. The van der Waals surface area contributed by atoms with Crippen molar-refractivity contribution in [1.29, 1.82) is 0 Å². The quantitative estimate of drug-likeness (QED) is 0.703. The van der Waals surface area contributed by atoms with Crippen LogP contribution in [0.4, 0.5) is 5.82 Å². The molecule has 0 atom stereocenters. The summed E-state index contributed by atoms with van der Waals surface area (Å²) in [7, 11) is 0. The monoisotopic (exact) mass is 387 g/mol. The van der Waals surface area contributed by atoms with Crippen LogP contribution in [-0.2, 0) is 13.0 Å². The molecular formula is C23H25N5O. The van der Waals surface area contributed by atoms with Crippen molar-refractivity contribution >= 4 is 11.7 Å². The third-order valence-corrected chi connectivity index (χ3v) is 5.35. The van der Waals surface area contributed by atoms with E-state index < -0.39 is 0 Å². The Labute approximate surface area is 171 Å². The van der Waals surface area contributed by atoms with E-state index in [9.17, 15) is 4.79 Å². The van der Waals surface area contributed by atoms with Crippen molar-refractivity contribution in [2.75, 3.05) is 18.0 Å². The van der Waals surface area contributed by atoms with Gasteiger partial charge in [-0.1, -0.05) is 36.4 Å². The van der Waals surface area contributed by atoms with E-state index in [0.29, 0.717) is 18.2 Å². The molecular weight excluding hydrogens is 362 g/mol. The normalized spacial score (nSPS) is 14.6. The van der Waals surface area contributed by atoms with Crippen LogP contribution in [0.15, 0.2) is 67.1 Å². The molecule has 4 rings (SSSR count). The number of amides is 1. The molecule has 6 heteroatoms. The Balaban J connectivity index is 1.32. The largest absolute Gasteiger partial charge is 0.356 e. The molecule has 3 heterocycles. The Morgan fingerprint density at radius 1 is 1.00 bits per heavy atom. The number of carbonyl (C=O) groups is 1. The number of carbonyl (C=O) groups excluding carboxylic acids is 1. The number of piperidine rings is 1. The summed E-state index contributed by atoms with van der Waals surface area (Å²) >= 11 is 0. The number of aromatic nitrogens is 3. The molecule has 2 aromatic heterocycles. The zero-order chi connectivity index (χ0) is 19.9. The molecule has 0 aliphatic carbocycles. The van der Waals surface area contributed by atoms with E-state index in [1.165, 1.54) is 11.9 Å². The highest BCUT2D eigenvalue weighted by molar-refractivity contribution is 5.92. The molecule has 29 heavy (non-hydrogen) atoms. The summed E-state index contributed by atoms with van der Waals surface area (Å²) in [6, 6.07) is 18.1. The number of rotatable bonds is 6.